The van der Waals surface area contributed by atoms with Gasteiger partial charge in [-0.15, -0.1) is 0 Å². The Morgan fingerprint density at radius 2 is 0.333 bits per heavy atom. The molecule has 174 valence electrons. The Morgan fingerprint density at radius 1 is 0.333 bits per heavy atom. The van der Waals surface area contributed by atoms with Gasteiger partial charge >= 0.3 is 33.6 Å². The molecule has 2 radical (unpaired) electrons. The van der Waals surface area contributed by atoms with Crippen molar-refractivity contribution in [1.82, 2.24) is 0 Å². The van der Waals surface area contributed by atoms with Crippen LogP contribution in [0.5, 0.6) is 0 Å². The zero-order valence-corrected chi connectivity index (χ0v) is 15.4. The maximum absolute atomic E-state index is 8.52. The van der Waals surface area contributed by atoms with Gasteiger partial charge in [-0.25, -0.2) is 0 Å². The van der Waals surface area contributed by atoms with Crippen LogP contribution >= 0.6 is 0 Å². The summed E-state index contributed by atoms with van der Waals surface area (Å²) in [5.41, 5.74) is 0. The van der Waals surface area contributed by atoms with E-state index in [0.717, 1.165) is 0 Å². The molecule has 0 saturated heterocycles. The molecule has 0 rings (SSSR count). The molecule has 0 amide bonds. The van der Waals surface area contributed by atoms with E-state index in [1.54, 1.807) is 0 Å². The fourth-order valence-electron chi connectivity index (χ4n) is 0. The first-order valence-electron chi connectivity index (χ1n) is 1.33. The monoisotopic (exact) mass is 538 g/mol. The summed E-state index contributed by atoms with van der Waals surface area (Å²) in [6, 6.07) is 0. The zero-order valence-electron chi connectivity index (χ0n) is 11.7. The van der Waals surface area contributed by atoms with Gasteiger partial charge in [-0.3, -0.25) is 16.8 Å². The second-order valence-corrected chi connectivity index (χ2v) is 2.45. The van der Waals surface area contributed by atoms with E-state index < -0.39 is 20.8 Å². The average molecular weight is 538 g/mol. The standard InChI is InChI=1S/2Co.2H2O4S.12H2O/c;;2*1-5(2,3)4;;;;;;;;;;;;/h;;2*(H2,1,2,3,4);12*1H2/q2*+2;;;;;;;;;;;;;;/p+8. The predicted molar refractivity (Wildman–Crippen MR) is 79.4 cm³/mol. The summed E-state index contributed by atoms with van der Waals surface area (Å²) in [7, 11) is -10.3. The van der Waals surface area contributed by atoms with E-state index in [-0.39, 0.29) is 99.3 Å². The average Bonchev–Trinajstić information content (AvgIpc) is 1.12. The summed E-state index contributed by atoms with van der Waals surface area (Å²) in [6.45, 7) is 0. The quantitative estimate of drug-likeness (QED) is 0.161. The first-order valence-corrected chi connectivity index (χ1v) is 4.00. The van der Waals surface area contributed by atoms with Crippen molar-refractivity contribution >= 4 is 20.8 Å². The fraction of sp³-hybridized carbons (Fsp3) is 0. The van der Waals surface area contributed by atoms with E-state index in [9.17, 15) is 0 Å². The Labute approximate surface area is 155 Å². The molecule has 0 aliphatic heterocycles. The van der Waals surface area contributed by atoms with Gasteiger partial charge in [0.2, 0.25) is 0 Å². The van der Waals surface area contributed by atoms with Crippen molar-refractivity contribution in [1.29, 1.82) is 0 Å². The smallest absolute Gasteiger partial charge is 0.759 e. The number of hydrogen-bond donors (Lipinski definition) is 0. The van der Waals surface area contributed by atoms with Gasteiger partial charge in [0.05, 0.1) is 0 Å². The molecule has 36 N–H and O–H groups in total. The summed E-state index contributed by atoms with van der Waals surface area (Å²) < 4.78 is 68.2. The summed E-state index contributed by atoms with van der Waals surface area (Å²) in [4.78, 5) is 0. The molecule has 0 atom stereocenters. The maximum atomic E-state index is 8.52. The molecule has 0 spiro atoms. The van der Waals surface area contributed by atoms with E-state index in [1.807, 2.05) is 0 Å². The van der Waals surface area contributed by atoms with Gasteiger partial charge < -0.3 is 83.9 Å². The van der Waals surface area contributed by atoms with Crippen molar-refractivity contribution in [3.05, 3.63) is 0 Å². The van der Waals surface area contributed by atoms with E-state index in [2.05, 4.69) is 0 Å². The van der Waals surface area contributed by atoms with Crippen LogP contribution in [0.3, 0.4) is 0 Å². The van der Waals surface area contributed by atoms with E-state index in [1.165, 1.54) is 0 Å². The van der Waals surface area contributed by atoms with Gasteiger partial charge in [-0.2, -0.15) is 0 Å². The van der Waals surface area contributed by atoms with E-state index >= 15 is 0 Å². The van der Waals surface area contributed by atoms with Crippen molar-refractivity contribution in [2.45, 2.75) is 0 Å². The Bertz CT molecular complexity index is 216. The van der Waals surface area contributed by atoms with Crippen LogP contribution in [-0.4, -0.2) is 35.0 Å². The molecule has 0 fully saturated rings. The van der Waals surface area contributed by atoms with Gasteiger partial charge in [-0.1, -0.05) is 0 Å². The molecular weight excluding hydrogens is 502 g/mol. The maximum Gasteiger partial charge on any atom is 2.00 e. The molecule has 0 aromatic heterocycles. The second-order valence-electron chi connectivity index (χ2n) is 0.816. The Hall–Kier alpha value is 0.273. The van der Waals surface area contributed by atoms with Crippen LogP contribution in [0.25, 0.3) is 0 Å². The molecule has 24 heteroatoms. The molecule has 0 aliphatic rings. The molecule has 24 heavy (non-hydrogen) atoms. The van der Waals surface area contributed by atoms with Crippen LogP contribution in [0.15, 0.2) is 0 Å². The van der Waals surface area contributed by atoms with Crippen molar-refractivity contribution in [3.63, 3.8) is 0 Å². The molecular formula is H36Co2O20S2+12. The van der Waals surface area contributed by atoms with Gasteiger partial charge in [0.15, 0.2) is 0 Å². The normalized spacial score (nSPS) is 4.83. The Kier molecular flexibility index (Phi) is 613. The molecule has 0 unspecified atom stereocenters. The first-order chi connectivity index (χ1) is 4.00. The van der Waals surface area contributed by atoms with Crippen LogP contribution in [0, 0.1) is 0 Å². The Balaban J connectivity index is -0.00000000241. The number of hydrogen-bond acceptors (Lipinski definition) is 8. The SMILES string of the molecule is O=S(=O)([O-])[O-].O=S(=O)([O-])[O-].[Co+2].[Co+2].[OH3+].[OH3+].[OH3+].[OH3+].[OH3+].[OH3+].[OH3+].[OH3+].[OH3+].[OH3+].[OH3+].[OH3+]. The topological polar surface area (TPSA) is 557 Å². The largest absolute Gasteiger partial charge is 2.00 e. The summed E-state index contributed by atoms with van der Waals surface area (Å²) >= 11 is 0. The third-order valence-corrected chi connectivity index (χ3v) is 0. The van der Waals surface area contributed by atoms with Crippen molar-refractivity contribution in [3.8, 4) is 0 Å². The van der Waals surface area contributed by atoms with E-state index in [0.29, 0.717) is 0 Å². The molecule has 0 bridgehead atoms. The summed E-state index contributed by atoms with van der Waals surface area (Å²) in [6.07, 6.45) is 0. The zero-order chi connectivity index (χ0) is 9.00. The van der Waals surface area contributed by atoms with Crippen LogP contribution in [0.2, 0.25) is 0 Å². The predicted octanol–water partition coefficient (Wildman–Crippen LogP) is -13.7. The van der Waals surface area contributed by atoms with Gasteiger partial charge in [0, 0.05) is 20.8 Å². The van der Waals surface area contributed by atoms with Crippen LogP contribution < -0.4 is 0 Å². The third kappa shape index (κ3) is 135000. The molecule has 0 heterocycles. The minimum atomic E-state index is -5.17. The summed E-state index contributed by atoms with van der Waals surface area (Å²) in [5, 5.41) is 0. The van der Waals surface area contributed by atoms with Gasteiger partial charge in [0.1, 0.15) is 0 Å². The van der Waals surface area contributed by atoms with Gasteiger partial charge in [0.25, 0.3) is 0 Å². The van der Waals surface area contributed by atoms with Crippen LogP contribution in [0.1, 0.15) is 0 Å². The summed E-state index contributed by atoms with van der Waals surface area (Å²) in [5.74, 6) is 0. The van der Waals surface area contributed by atoms with E-state index in [4.69, 9.17) is 35.0 Å². The molecule has 0 aromatic carbocycles. The second kappa shape index (κ2) is 76.6. The van der Waals surface area contributed by atoms with Crippen LogP contribution in [0.4, 0.5) is 0 Å². The minimum absolute atomic E-state index is 0. The molecule has 20 nitrogen and oxygen atoms in total. The Morgan fingerprint density at radius 3 is 0.333 bits per heavy atom. The first kappa shape index (κ1) is 192. The molecule has 0 saturated carbocycles. The van der Waals surface area contributed by atoms with Crippen molar-refractivity contribution in [2.24, 2.45) is 0 Å². The minimum Gasteiger partial charge on any atom is -0.759 e. The number of rotatable bonds is 0. The molecule has 0 aliphatic carbocycles. The fourth-order valence-corrected chi connectivity index (χ4v) is 0. The van der Waals surface area contributed by atoms with Gasteiger partial charge in [-0.05, 0) is 0 Å². The third-order valence-electron chi connectivity index (χ3n) is 0. The molecule has 0 aromatic rings. The van der Waals surface area contributed by atoms with Crippen molar-refractivity contribution < 1.29 is 134 Å². The van der Waals surface area contributed by atoms with Crippen LogP contribution in [-0.2, 0) is 120 Å². The van der Waals surface area contributed by atoms with Crippen molar-refractivity contribution in [2.75, 3.05) is 0 Å².